The van der Waals surface area contributed by atoms with Crippen molar-refractivity contribution in [3.8, 4) is 0 Å². The summed E-state index contributed by atoms with van der Waals surface area (Å²) in [6.07, 6.45) is 7.22. The van der Waals surface area contributed by atoms with E-state index in [9.17, 15) is 0 Å². The van der Waals surface area contributed by atoms with Crippen LogP contribution in [0.25, 0.3) is 0 Å². The Kier molecular flexibility index (Phi) is 4.63. The smallest absolute Gasteiger partial charge is 0.0822 e. The second kappa shape index (κ2) is 6.22. The van der Waals surface area contributed by atoms with E-state index in [4.69, 9.17) is 11.6 Å². The molecule has 1 fully saturated rings. The third-order valence-corrected chi connectivity index (χ3v) is 3.54. The summed E-state index contributed by atoms with van der Waals surface area (Å²) in [6, 6.07) is 2.59. The van der Waals surface area contributed by atoms with E-state index >= 15 is 0 Å². The van der Waals surface area contributed by atoms with Crippen LogP contribution in [-0.4, -0.2) is 30.7 Å². The summed E-state index contributed by atoms with van der Waals surface area (Å²) >= 11 is 6.21. The molecule has 1 unspecified atom stereocenters. The Morgan fingerprint density at radius 3 is 3.24 bits per heavy atom. The van der Waals surface area contributed by atoms with Crippen molar-refractivity contribution in [1.29, 1.82) is 0 Å². The molecule has 0 aromatic carbocycles. The van der Waals surface area contributed by atoms with Crippen molar-refractivity contribution in [3.05, 3.63) is 23.5 Å². The third kappa shape index (κ3) is 3.11. The number of hydrogen-bond donors (Lipinski definition) is 1. The third-order valence-electron chi connectivity index (χ3n) is 3.24. The zero-order valence-electron chi connectivity index (χ0n) is 10.3. The fourth-order valence-corrected chi connectivity index (χ4v) is 2.64. The largest absolute Gasteiger partial charge is 0.366 e. The van der Waals surface area contributed by atoms with Crippen LogP contribution in [0.1, 0.15) is 26.2 Å². The fourth-order valence-electron chi connectivity index (χ4n) is 2.41. The maximum atomic E-state index is 6.21. The maximum absolute atomic E-state index is 6.21. The molecule has 1 atom stereocenters. The lowest BCUT2D eigenvalue weighted by Gasteiger charge is -2.27. The predicted molar refractivity (Wildman–Crippen MR) is 72.8 cm³/mol. The van der Waals surface area contributed by atoms with E-state index in [1.807, 2.05) is 12.3 Å². The van der Waals surface area contributed by atoms with Crippen LogP contribution >= 0.6 is 11.6 Å². The van der Waals surface area contributed by atoms with E-state index in [0.29, 0.717) is 6.04 Å². The Morgan fingerprint density at radius 1 is 1.59 bits per heavy atom. The van der Waals surface area contributed by atoms with Crippen LogP contribution in [0.3, 0.4) is 0 Å². The summed E-state index contributed by atoms with van der Waals surface area (Å²) in [5.74, 6) is 0. The molecule has 4 heteroatoms. The second-order valence-electron chi connectivity index (χ2n) is 4.52. The lowest BCUT2D eigenvalue weighted by atomic mass is 10.2. The van der Waals surface area contributed by atoms with E-state index in [1.165, 1.54) is 19.3 Å². The first-order valence-electron chi connectivity index (χ1n) is 6.39. The van der Waals surface area contributed by atoms with Gasteiger partial charge in [-0.15, -0.1) is 0 Å². The molecule has 94 valence electrons. The van der Waals surface area contributed by atoms with E-state index in [0.717, 1.165) is 30.3 Å². The van der Waals surface area contributed by atoms with Crippen molar-refractivity contribution in [3.63, 3.8) is 0 Å². The molecule has 2 heterocycles. The first kappa shape index (κ1) is 12.7. The maximum Gasteiger partial charge on any atom is 0.0822 e. The second-order valence-corrected chi connectivity index (χ2v) is 4.93. The highest BCUT2D eigenvalue weighted by molar-refractivity contribution is 6.33. The van der Waals surface area contributed by atoms with Crippen molar-refractivity contribution in [2.75, 3.05) is 24.5 Å². The van der Waals surface area contributed by atoms with Gasteiger partial charge >= 0.3 is 0 Å². The minimum Gasteiger partial charge on any atom is -0.366 e. The molecule has 1 aliphatic heterocycles. The predicted octanol–water partition coefficient (Wildman–Crippen LogP) is 2.70. The molecular weight excluding hydrogens is 234 g/mol. The van der Waals surface area contributed by atoms with Gasteiger partial charge in [-0.05, 0) is 31.9 Å². The van der Waals surface area contributed by atoms with Gasteiger partial charge in [-0.25, -0.2) is 0 Å². The molecule has 0 spiro atoms. The Morgan fingerprint density at radius 2 is 2.47 bits per heavy atom. The van der Waals surface area contributed by atoms with E-state index in [2.05, 4.69) is 22.1 Å². The van der Waals surface area contributed by atoms with E-state index < -0.39 is 0 Å². The summed E-state index contributed by atoms with van der Waals surface area (Å²) in [7, 11) is 0. The number of hydrogen-bond acceptors (Lipinski definition) is 3. The number of aromatic nitrogens is 1. The van der Waals surface area contributed by atoms with Crippen LogP contribution in [0.5, 0.6) is 0 Å². The Bertz CT molecular complexity index is 356. The monoisotopic (exact) mass is 253 g/mol. The van der Waals surface area contributed by atoms with Gasteiger partial charge in [-0.3, -0.25) is 4.98 Å². The topological polar surface area (TPSA) is 28.2 Å². The Hall–Kier alpha value is -0.800. The molecule has 0 radical (unpaired) electrons. The standard InChI is InChI=1S/C13H20ClN3/c1-2-6-15-9-11-4-3-8-17(11)13-5-7-16-10-12(13)14/h5,7,10-11,15H,2-4,6,8-9H2,1H3. The molecule has 0 amide bonds. The molecule has 1 N–H and O–H groups in total. The quantitative estimate of drug-likeness (QED) is 0.818. The number of nitrogens with one attached hydrogen (secondary N) is 1. The normalized spacial score (nSPS) is 19.9. The van der Waals surface area contributed by atoms with Gasteiger partial charge in [0.1, 0.15) is 0 Å². The molecule has 2 rings (SSSR count). The molecule has 1 saturated heterocycles. The highest BCUT2D eigenvalue weighted by Gasteiger charge is 2.25. The van der Waals surface area contributed by atoms with Crippen LogP contribution in [0.4, 0.5) is 5.69 Å². The summed E-state index contributed by atoms with van der Waals surface area (Å²) < 4.78 is 0. The Balaban J connectivity index is 2.02. The number of rotatable bonds is 5. The molecular formula is C13H20ClN3. The van der Waals surface area contributed by atoms with Crippen LogP contribution in [0.2, 0.25) is 5.02 Å². The summed E-state index contributed by atoms with van der Waals surface area (Å²) in [6.45, 7) is 5.43. The number of halogens is 1. The van der Waals surface area contributed by atoms with Gasteiger partial charge in [0.15, 0.2) is 0 Å². The number of anilines is 1. The average molecular weight is 254 g/mol. The zero-order chi connectivity index (χ0) is 12.1. The van der Waals surface area contributed by atoms with E-state index in [1.54, 1.807) is 6.20 Å². The van der Waals surface area contributed by atoms with Crippen LogP contribution < -0.4 is 10.2 Å². The molecule has 0 saturated carbocycles. The fraction of sp³-hybridized carbons (Fsp3) is 0.615. The molecule has 17 heavy (non-hydrogen) atoms. The number of nitrogens with zero attached hydrogens (tertiary/aromatic N) is 2. The minimum atomic E-state index is 0.571. The highest BCUT2D eigenvalue weighted by Crippen LogP contribution is 2.30. The van der Waals surface area contributed by atoms with Gasteiger partial charge in [0.05, 0.1) is 10.7 Å². The molecule has 1 aromatic heterocycles. The van der Waals surface area contributed by atoms with Gasteiger partial charge in [-0.1, -0.05) is 18.5 Å². The Labute approximate surface area is 108 Å². The summed E-state index contributed by atoms with van der Waals surface area (Å²) in [5, 5.41) is 4.25. The first-order valence-corrected chi connectivity index (χ1v) is 6.77. The van der Waals surface area contributed by atoms with Crippen molar-refractivity contribution < 1.29 is 0 Å². The van der Waals surface area contributed by atoms with Crippen molar-refractivity contribution in [1.82, 2.24) is 10.3 Å². The first-order chi connectivity index (χ1) is 8.33. The number of pyridine rings is 1. The van der Waals surface area contributed by atoms with Crippen LogP contribution in [0, 0.1) is 0 Å². The lowest BCUT2D eigenvalue weighted by molar-refractivity contribution is 0.571. The van der Waals surface area contributed by atoms with Crippen LogP contribution in [-0.2, 0) is 0 Å². The minimum absolute atomic E-state index is 0.571. The van der Waals surface area contributed by atoms with Crippen molar-refractivity contribution in [2.24, 2.45) is 0 Å². The van der Waals surface area contributed by atoms with Gasteiger partial charge in [0.25, 0.3) is 0 Å². The summed E-state index contributed by atoms with van der Waals surface area (Å²) in [5.41, 5.74) is 1.13. The van der Waals surface area contributed by atoms with Gasteiger partial charge in [0.2, 0.25) is 0 Å². The van der Waals surface area contributed by atoms with E-state index in [-0.39, 0.29) is 0 Å². The highest BCUT2D eigenvalue weighted by atomic mass is 35.5. The SMILES string of the molecule is CCCNCC1CCCN1c1ccncc1Cl. The molecule has 0 aliphatic carbocycles. The zero-order valence-corrected chi connectivity index (χ0v) is 11.1. The van der Waals surface area contributed by atoms with Crippen molar-refractivity contribution in [2.45, 2.75) is 32.2 Å². The average Bonchev–Trinajstić information content (AvgIpc) is 2.78. The van der Waals surface area contributed by atoms with Crippen molar-refractivity contribution >= 4 is 17.3 Å². The summed E-state index contributed by atoms with van der Waals surface area (Å²) in [4.78, 5) is 6.45. The van der Waals surface area contributed by atoms with Gasteiger partial charge in [-0.2, -0.15) is 0 Å². The lowest BCUT2D eigenvalue weighted by Crippen LogP contribution is -2.38. The molecule has 3 nitrogen and oxygen atoms in total. The molecule has 1 aromatic rings. The van der Waals surface area contributed by atoms with Gasteiger partial charge in [0, 0.05) is 31.5 Å². The molecule has 1 aliphatic rings. The van der Waals surface area contributed by atoms with Gasteiger partial charge < -0.3 is 10.2 Å². The van der Waals surface area contributed by atoms with Crippen LogP contribution in [0.15, 0.2) is 18.5 Å². The molecule has 0 bridgehead atoms.